The number of hydrogen-bond acceptors (Lipinski definition) is 2. The van der Waals surface area contributed by atoms with Crippen LogP contribution in [0, 0.1) is 3.57 Å². The quantitative estimate of drug-likeness (QED) is 0.845. The van der Waals surface area contributed by atoms with E-state index in [1.54, 1.807) is 0 Å². The molecule has 0 atom stereocenters. The van der Waals surface area contributed by atoms with Crippen molar-refractivity contribution in [1.29, 1.82) is 0 Å². The number of rotatable bonds is 5. The molecule has 0 unspecified atom stereocenters. The Bertz CT molecular complexity index is 289. The van der Waals surface area contributed by atoms with E-state index in [-0.39, 0.29) is 0 Å². The van der Waals surface area contributed by atoms with Crippen LogP contribution < -0.4 is 10.1 Å². The van der Waals surface area contributed by atoms with Crippen molar-refractivity contribution < 1.29 is 4.74 Å². The first-order valence-corrected chi connectivity index (χ1v) is 5.97. The zero-order valence-corrected chi connectivity index (χ0v) is 10.8. The summed E-state index contributed by atoms with van der Waals surface area (Å²) in [5, 5.41) is 3.31. The third-order valence-corrected chi connectivity index (χ3v) is 2.56. The van der Waals surface area contributed by atoms with Crippen LogP contribution in [0.1, 0.15) is 19.4 Å². The Kier molecular flexibility index (Phi) is 5.25. The highest BCUT2D eigenvalue weighted by Crippen LogP contribution is 2.21. The van der Waals surface area contributed by atoms with Gasteiger partial charge in [-0.2, -0.15) is 0 Å². The van der Waals surface area contributed by atoms with Gasteiger partial charge in [0.2, 0.25) is 0 Å². The summed E-state index contributed by atoms with van der Waals surface area (Å²) in [6, 6.07) is 6.27. The Morgan fingerprint density at radius 2 is 2.14 bits per heavy atom. The van der Waals surface area contributed by atoms with Gasteiger partial charge in [-0.1, -0.05) is 6.92 Å². The molecule has 14 heavy (non-hydrogen) atoms. The highest BCUT2D eigenvalue weighted by atomic mass is 127. The summed E-state index contributed by atoms with van der Waals surface area (Å²) >= 11 is 2.32. The van der Waals surface area contributed by atoms with Crippen molar-refractivity contribution in [2.24, 2.45) is 0 Å². The van der Waals surface area contributed by atoms with E-state index in [0.717, 1.165) is 25.4 Å². The molecule has 0 radical (unpaired) electrons. The van der Waals surface area contributed by atoms with Crippen LogP contribution in [0.2, 0.25) is 0 Å². The molecule has 0 saturated carbocycles. The highest BCUT2D eigenvalue weighted by molar-refractivity contribution is 14.1. The Morgan fingerprint density at radius 3 is 2.79 bits per heavy atom. The van der Waals surface area contributed by atoms with Crippen LogP contribution in [0.5, 0.6) is 5.75 Å². The van der Waals surface area contributed by atoms with Crippen LogP contribution >= 0.6 is 22.6 Å². The van der Waals surface area contributed by atoms with Crippen molar-refractivity contribution >= 4 is 22.6 Å². The molecule has 0 saturated heterocycles. The van der Waals surface area contributed by atoms with Crippen LogP contribution in [0.25, 0.3) is 0 Å². The van der Waals surface area contributed by atoms with Gasteiger partial charge in [0.15, 0.2) is 0 Å². The summed E-state index contributed by atoms with van der Waals surface area (Å²) in [5.74, 6) is 0.994. The van der Waals surface area contributed by atoms with Gasteiger partial charge in [0.05, 0.1) is 6.61 Å². The molecule has 78 valence electrons. The van der Waals surface area contributed by atoms with E-state index in [0.29, 0.717) is 0 Å². The molecule has 0 fully saturated rings. The van der Waals surface area contributed by atoms with E-state index < -0.39 is 0 Å². The predicted octanol–water partition coefficient (Wildman–Crippen LogP) is 2.80. The maximum Gasteiger partial charge on any atom is 0.123 e. The first-order valence-electron chi connectivity index (χ1n) is 4.89. The van der Waals surface area contributed by atoms with Crippen molar-refractivity contribution in [3.8, 4) is 5.75 Å². The molecule has 1 aromatic rings. The zero-order valence-electron chi connectivity index (χ0n) is 8.64. The maximum atomic E-state index is 5.55. The number of ether oxygens (including phenoxy) is 1. The molecular formula is C11H16INO. The molecule has 1 aromatic carbocycles. The second-order valence-electron chi connectivity index (χ2n) is 2.97. The minimum atomic E-state index is 0.722. The molecule has 0 aliphatic rings. The van der Waals surface area contributed by atoms with Gasteiger partial charge in [-0.05, 0) is 54.3 Å². The standard InChI is InChI=1S/C11H16INO/c1-3-13-8-9-7-10(12)5-6-11(9)14-4-2/h5-7,13H,3-4,8H2,1-2H3. The van der Waals surface area contributed by atoms with Gasteiger partial charge in [0.25, 0.3) is 0 Å². The van der Waals surface area contributed by atoms with Gasteiger partial charge in [-0.15, -0.1) is 0 Å². The van der Waals surface area contributed by atoms with E-state index >= 15 is 0 Å². The molecule has 0 amide bonds. The van der Waals surface area contributed by atoms with E-state index in [1.165, 1.54) is 9.13 Å². The molecule has 0 spiro atoms. The third kappa shape index (κ3) is 3.46. The Labute approximate surface area is 99.2 Å². The summed E-state index contributed by atoms with van der Waals surface area (Å²) in [7, 11) is 0. The molecule has 0 bridgehead atoms. The molecule has 0 heterocycles. The van der Waals surface area contributed by atoms with Gasteiger partial charge in [-0.25, -0.2) is 0 Å². The van der Waals surface area contributed by atoms with Gasteiger partial charge in [0, 0.05) is 15.7 Å². The average molecular weight is 305 g/mol. The minimum Gasteiger partial charge on any atom is -0.494 e. The summed E-state index contributed by atoms with van der Waals surface area (Å²) in [6.45, 7) is 6.70. The van der Waals surface area contributed by atoms with Crippen LogP contribution in [0.4, 0.5) is 0 Å². The lowest BCUT2D eigenvalue weighted by Crippen LogP contribution is -2.13. The van der Waals surface area contributed by atoms with E-state index in [1.807, 2.05) is 13.0 Å². The van der Waals surface area contributed by atoms with E-state index in [9.17, 15) is 0 Å². The normalized spacial score (nSPS) is 10.2. The number of halogens is 1. The van der Waals surface area contributed by atoms with Gasteiger partial charge in [-0.3, -0.25) is 0 Å². The molecular weight excluding hydrogens is 289 g/mol. The summed E-state index contributed by atoms with van der Waals surface area (Å²) in [5.41, 5.74) is 1.24. The van der Waals surface area contributed by atoms with Gasteiger partial charge >= 0.3 is 0 Å². The maximum absolute atomic E-state index is 5.55. The molecule has 0 aliphatic heterocycles. The van der Waals surface area contributed by atoms with Crippen LogP contribution in [-0.4, -0.2) is 13.2 Å². The third-order valence-electron chi connectivity index (χ3n) is 1.89. The lowest BCUT2D eigenvalue weighted by Gasteiger charge is -2.10. The molecule has 3 heteroatoms. The SMILES string of the molecule is CCNCc1cc(I)ccc1OCC. The number of nitrogens with one attached hydrogen (secondary N) is 1. The predicted molar refractivity (Wildman–Crippen MR) is 67.7 cm³/mol. The van der Waals surface area contributed by atoms with Crippen molar-refractivity contribution in [3.05, 3.63) is 27.3 Å². The van der Waals surface area contributed by atoms with Crippen LogP contribution in [0.15, 0.2) is 18.2 Å². The lowest BCUT2D eigenvalue weighted by molar-refractivity contribution is 0.335. The second kappa shape index (κ2) is 6.24. The smallest absolute Gasteiger partial charge is 0.123 e. The molecule has 0 aromatic heterocycles. The first-order chi connectivity index (χ1) is 6.77. The van der Waals surface area contributed by atoms with E-state index in [2.05, 4.69) is 47.0 Å². The van der Waals surface area contributed by atoms with Crippen molar-refractivity contribution in [3.63, 3.8) is 0 Å². The fraction of sp³-hybridized carbons (Fsp3) is 0.455. The first kappa shape index (κ1) is 11.8. The fourth-order valence-electron chi connectivity index (χ4n) is 1.24. The molecule has 1 rings (SSSR count). The average Bonchev–Trinajstić information content (AvgIpc) is 2.18. The number of hydrogen-bond donors (Lipinski definition) is 1. The molecule has 1 N–H and O–H groups in total. The zero-order chi connectivity index (χ0) is 10.4. The minimum absolute atomic E-state index is 0.722. The van der Waals surface area contributed by atoms with Crippen LogP contribution in [0.3, 0.4) is 0 Å². The van der Waals surface area contributed by atoms with Crippen molar-refractivity contribution in [2.75, 3.05) is 13.2 Å². The monoisotopic (exact) mass is 305 g/mol. The van der Waals surface area contributed by atoms with Gasteiger partial charge < -0.3 is 10.1 Å². The molecule has 2 nitrogen and oxygen atoms in total. The van der Waals surface area contributed by atoms with Crippen molar-refractivity contribution in [2.45, 2.75) is 20.4 Å². The summed E-state index contributed by atoms with van der Waals surface area (Å²) in [4.78, 5) is 0. The number of benzene rings is 1. The highest BCUT2D eigenvalue weighted by Gasteiger charge is 2.02. The van der Waals surface area contributed by atoms with Crippen LogP contribution in [-0.2, 0) is 6.54 Å². The fourth-order valence-corrected chi connectivity index (χ4v) is 1.80. The Morgan fingerprint density at radius 1 is 1.36 bits per heavy atom. The largest absolute Gasteiger partial charge is 0.494 e. The Balaban J connectivity index is 2.79. The molecule has 0 aliphatic carbocycles. The second-order valence-corrected chi connectivity index (χ2v) is 4.21. The van der Waals surface area contributed by atoms with E-state index in [4.69, 9.17) is 4.74 Å². The summed E-state index contributed by atoms with van der Waals surface area (Å²) < 4.78 is 6.79. The van der Waals surface area contributed by atoms with Gasteiger partial charge in [0.1, 0.15) is 5.75 Å². The lowest BCUT2D eigenvalue weighted by atomic mass is 10.2. The summed E-state index contributed by atoms with van der Waals surface area (Å²) in [6.07, 6.45) is 0. The van der Waals surface area contributed by atoms with Crippen molar-refractivity contribution in [1.82, 2.24) is 5.32 Å². The Hall–Kier alpha value is -0.290. The topological polar surface area (TPSA) is 21.3 Å².